The number of halogens is 1. The van der Waals surface area contributed by atoms with Crippen LogP contribution in [-0.2, 0) is 6.54 Å². The Bertz CT molecular complexity index is 968. The van der Waals surface area contributed by atoms with Gasteiger partial charge in [-0.25, -0.2) is 4.39 Å². The van der Waals surface area contributed by atoms with Gasteiger partial charge in [0.1, 0.15) is 5.82 Å². The summed E-state index contributed by atoms with van der Waals surface area (Å²) in [5, 5.41) is 5.46. The van der Waals surface area contributed by atoms with Gasteiger partial charge in [0.25, 0.3) is 11.8 Å². The number of hydrogen-bond donors (Lipinski definition) is 2. The Balaban J connectivity index is 1.67. The first-order valence-corrected chi connectivity index (χ1v) is 8.52. The number of benzene rings is 3. The molecule has 0 fully saturated rings. The largest absolute Gasteiger partial charge is 0.348 e. The molecule has 0 aliphatic heterocycles. The highest BCUT2D eigenvalue weighted by atomic mass is 19.1. The third-order valence-electron chi connectivity index (χ3n) is 4.09. The number of amides is 2. The van der Waals surface area contributed by atoms with Gasteiger partial charge in [0.05, 0.1) is 0 Å². The van der Waals surface area contributed by atoms with Crippen LogP contribution in [0.2, 0.25) is 0 Å². The average Bonchev–Trinajstić information content (AvgIpc) is 2.69. The summed E-state index contributed by atoms with van der Waals surface area (Å²) in [7, 11) is 0. The van der Waals surface area contributed by atoms with E-state index in [0.29, 0.717) is 22.4 Å². The van der Waals surface area contributed by atoms with Crippen molar-refractivity contribution < 1.29 is 14.0 Å². The van der Waals surface area contributed by atoms with Crippen molar-refractivity contribution in [2.24, 2.45) is 0 Å². The predicted octanol–water partition coefficient (Wildman–Crippen LogP) is 4.32. The molecule has 27 heavy (non-hydrogen) atoms. The molecule has 0 spiro atoms. The molecule has 5 heteroatoms. The van der Waals surface area contributed by atoms with E-state index in [2.05, 4.69) is 10.6 Å². The van der Waals surface area contributed by atoms with Crippen LogP contribution in [0.1, 0.15) is 31.8 Å². The Kier molecular flexibility index (Phi) is 5.61. The molecule has 2 N–H and O–H groups in total. The van der Waals surface area contributed by atoms with Gasteiger partial charge in [-0.3, -0.25) is 9.59 Å². The lowest BCUT2D eigenvalue weighted by atomic mass is 10.1. The van der Waals surface area contributed by atoms with Crippen molar-refractivity contribution >= 4 is 17.5 Å². The Morgan fingerprint density at radius 1 is 0.852 bits per heavy atom. The Labute approximate surface area is 157 Å². The average molecular weight is 362 g/mol. The summed E-state index contributed by atoms with van der Waals surface area (Å²) >= 11 is 0. The van der Waals surface area contributed by atoms with Gasteiger partial charge in [0.15, 0.2) is 0 Å². The maximum absolute atomic E-state index is 13.6. The van der Waals surface area contributed by atoms with Crippen molar-refractivity contribution in [1.82, 2.24) is 5.32 Å². The van der Waals surface area contributed by atoms with Crippen molar-refractivity contribution in [2.45, 2.75) is 13.5 Å². The van der Waals surface area contributed by atoms with Crippen LogP contribution in [0.15, 0.2) is 72.8 Å². The van der Waals surface area contributed by atoms with Crippen LogP contribution in [0.3, 0.4) is 0 Å². The molecule has 0 aliphatic rings. The minimum atomic E-state index is -0.372. The molecule has 136 valence electrons. The zero-order valence-electron chi connectivity index (χ0n) is 14.8. The molecule has 0 heterocycles. The Hall–Kier alpha value is -3.47. The molecule has 0 aliphatic carbocycles. The van der Waals surface area contributed by atoms with E-state index in [1.165, 1.54) is 12.1 Å². The number of hydrogen-bond acceptors (Lipinski definition) is 2. The monoisotopic (exact) mass is 362 g/mol. The minimum Gasteiger partial charge on any atom is -0.348 e. The van der Waals surface area contributed by atoms with Gasteiger partial charge >= 0.3 is 0 Å². The van der Waals surface area contributed by atoms with E-state index in [-0.39, 0.29) is 24.2 Å². The molecule has 2 amide bonds. The molecular formula is C22H19FN2O2. The second-order valence-corrected chi connectivity index (χ2v) is 6.18. The van der Waals surface area contributed by atoms with Gasteiger partial charge in [-0.05, 0) is 43.3 Å². The summed E-state index contributed by atoms with van der Waals surface area (Å²) in [6.45, 7) is 2.04. The highest BCUT2D eigenvalue weighted by molar-refractivity contribution is 6.06. The fourth-order valence-electron chi connectivity index (χ4n) is 2.56. The number of carbonyl (C=O) groups excluding carboxylic acids is 2. The van der Waals surface area contributed by atoms with Gasteiger partial charge in [0, 0.05) is 28.9 Å². The van der Waals surface area contributed by atoms with E-state index in [0.717, 1.165) is 5.56 Å². The normalized spacial score (nSPS) is 10.3. The van der Waals surface area contributed by atoms with E-state index >= 15 is 0 Å². The number of rotatable bonds is 5. The minimum absolute atomic E-state index is 0.0747. The molecule has 0 saturated heterocycles. The summed E-state index contributed by atoms with van der Waals surface area (Å²) in [4.78, 5) is 24.7. The van der Waals surface area contributed by atoms with E-state index in [4.69, 9.17) is 0 Å². The van der Waals surface area contributed by atoms with Crippen molar-refractivity contribution in [3.8, 4) is 0 Å². The van der Waals surface area contributed by atoms with Crippen LogP contribution < -0.4 is 10.6 Å². The third kappa shape index (κ3) is 4.79. The Morgan fingerprint density at radius 2 is 1.52 bits per heavy atom. The zero-order chi connectivity index (χ0) is 19.2. The summed E-state index contributed by atoms with van der Waals surface area (Å²) in [5.41, 5.74) is 2.89. The van der Waals surface area contributed by atoms with Crippen molar-refractivity contribution in [3.63, 3.8) is 0 Å². The zero-order valence-corrected chi connectivity index (χ0v) is 14.8. The molecule has 0 unspecified atom stereocenters. The van der Waals surface area contributed by atoms with Crippen LogP contribution in [0.4, 0.5) is 10.1 Å². The second kappa shape index (κ2) is 8.27. The fourth-order valence-corrected chi connectivity index (χ4v) is 2.56. The predicted molar refractivity (Wildman–Crippen MR) is 103 cm³/mol. The molecule has 0 atom stereocenters. The van der Waals surface area contributed by atoms with Crippen LogP contribution >= 0.6 is 0 Å². The van der Waals surface area contributed by atoms with Gasteiger partial charge < -0.3 is 10.6 Å². The van der Waals surface area contributed by atoms with Crippen LogP contribution in [0, 0.1) is 12.7 Å². The third-order valence-corrected chi connectivity index (χ3v) is 4.09. The topological polar surface area (TPSA) is 58.2 Å². The maximum Gasteiger partial charge on any atom is 0.255 e. The number of carbonyl (C=O) groups is 2. The summed E-state index contributed by atoms with van der Waals surface area (Å²) < 4.78 is 13.6. The smallest absolute Gasteiger partial charge is 0.255 e. The van der Waals surface area contributed by atoms with Crippen LogP contribution in [0.5, 0.6) is 0 Å². The van der Waals surface area contributed by atoms with Crippen molar-refractivity contribution in [3.05, 3.63) is 101 Å². The number of nitrogens with one attached hydrogen (secondary N) is 2. The van der Waals surface area contributed by atoms with E-state index in [9.17, 15) is 14.0 Å². The first kappa shape index (κ1) is 18.3. The summed E-state index contributed by atoms with van der Waals surface area (Å²) in [5.74, 6) is -1.05. The molecule has 3 aromatic rings. The second-order valence-electron chi connectivity index (χ2n) is 6.18. The molecule has 0 aromatic heterocycles. The molecular weight excluding hydrogens is 343 g/mol. The number of anilines is 1. The van der Waals surface area contributed by atoms with Crippen LogP contribution in [0.25, 0.3) is 0 Å². The van der Waals surface area contributed by atoms with E-state index in [1.54, 1.807) is 36.4 Å². The van der Waals surface area contributed by atoms with Gasteiger partial charge in [0.2, 0.25) is 0 Å². The van der Waals surface area contributed by atoms with Gasteiger partial charge in [-0.15, -0.1) is 0 Å². The molecule has 0 radical (unpaired) electrons. The summed E-state index contributed by atoms with van der Waals surface area (Å²) in [6.07, 6.45) is 0. The Morgan fingerprint density at radius 3 is 2.22 bits per heavy atom. The van der Waals surface area contributed by atoms with Crippen molar-refractivity contribution in [1.29, 1.82) is 0 Å². The van der Waals surface area contributed by atoms with Gasteiger partial charge in [-0.2, -0.15) is 0 Å². The van der Waals surface area contributed by atoms with E-state index in [1.807, 2.05) is 31.2 Å². The number of aryl methyl sites for hydroxylation is 1. The molecule has 4 nitrogen and oxygen atoms in total. The quantitative estimate of drug-likeness (QED) is 0.710. The summed E-state index contributed by atoms with van der Waals surface area (Å²) in [6, 6.07) is 20.1. The first-order chi connectivity index (χ1) is 13.0. The highest BCUT2D eigenvalue weighted by Crippen LogP contribution is 2.13. The molecule has 3 aromatic carbocycles. The molecule has 0 bridgehead atoms. The lowest BCUT2D eigenvalue weighted by molar-refractivity contribution is 0.0950. The fraction of sp³-hybridized carbons (Fsp3) is 0.0909. The highest BCUT2D eigenvalue weighted by Gasteiger charge is 2.11. The SMILES string of the molecule is Cc1ccc(NC(=O)c2cccc(C(=O)NCc3ccccc3F)c2)cc1. The maximum atomic E-state index is 13.6. The van der Waals surface area contributed by atoms with E-state index < -0.39 is 0 Å². The molecule has 0 saturated carbocycles. The standard InChI is InChI=1S/C22H19FN2O2/c1-15-9-11-19(12-10-15)25-22(27)17-7-4-6-16(13-17)21(26)24-14-18-5-2-3-8-20(18)23/h2-13H,14H2,1H3,(H,24,26)(H,25,27). The first-order valence-electron chi connectivity index (χ1n) is 8.52. The van der Waals surface area contributed by atoms with Crippen molar-refractivity contribution in [2.75, 3.05) is 5.32 Å². The lowest BCUT2D eigenvalue weighted by Gasteiger charge is -2.09. The van der Waals surface area contributed by atoms with Gasteiger partial charge in [-0.1, -0.05) is 42.0 Å². The lowest BCUT2D eigenvalue weighted by Crippen LogP contribution is -2.24. The molecule has 3 rings (SSSR count). The van der Waals surface area contributed by atoms with Crippen LogP contribution in [-0.4, -0.2) is 11.8 Å².